The molecule has 1 spiro atoms. The number of carbonyl (C=O) groups excluding carboxylic acids is 2. The Morgan fingerprint density at radius 1 is 1.11 bits per heavy atom. The fourth-order valence-electron chi connectivity index (χ4n) is 5.84. The third-order valence-corrected chi connectivity index (χ3v) is 12.9. The molecule has 3 aliphatic rings. The highest BCUT2D eigenvalue weighted by atomic mass is 28.4. The summed E-state index contributed by atoms with van der Waals surface area (Å²) in [4.78, 5) is 28.9. The van der Waals surface area contributed by atoms with Crippen molar-refractivity contribution in [3.05, 3.63) is 34.9 Å². The molecule has 0 radical (unpaired) electrons. The van der Waals surface area contributed by atoms with Gasteiger partial charge in [0.05, 0.1) is 57.2 Å². The zero-order valence-electron chi connectivity index (χ0n) is 23.5. The summed E-state index contributed by atoms with van der Waals surface area (Å²) in [5, 5.41) is -0.118. The first kappa shape index (κ1) is 27.8. The lowest BCUT2D eigenvalue weighted by Crippen LogP contribution is -2.66. The number of benzene rings is 1. The van der Waals surface area contributed by atoms with Gasteiger partial charge in [0.15, 0.2) is 14.1 Å². The molecule has 0 aromatic heterocycles. The minimum atomic E-state index is -2.38. The average Bonchev–Trinajstić information content (AvgIpc) is 3.31. The molecular formula is C28H40O8Si. The van der Waals surface area contributed by atoms with Gasteiger partial charge in [-0.2, -0.15) is 0 Å². The molecule has 0 saturated carbocycles. The average molecular weight is 533 g/mol. The Kier molecular flexibility index (Phi) is 7.16. The molecule has 0 bridgehead atoms. The van der Waals surface area contributed by atoms with Crippen LogP contribution in [0, 0.1) is 11.3 Å². The highest BCUT2D eigenvalue weighted by Gasteiger charge is 2.74. The van der Waals surface area contributed by atoms with E-state index >= 15 is 0 Å². The molecule has 1 saturated heterocycles. The first-order valence-electron chi connectivity index (χ1n) is 12.9. The fraction of sp³-hybridized carbons (Fsp3) is 0.643. The Morgan fingerprint density at radius 3 is 2.24 bits per heavy atom. The SMILES string of the molecule is CCOC(=O)[C@]12CC(C)=C[C@@H](O[Si](C)(C)C(C)(C)C)[C@H]1C(=O)c1c(OC)ccc(OC)c1C21OCCO1. The highest BCUT2D eigenvalue weighted by molar-refractivity contribution is 6.74. The van der Waals surface area contributed by atoms with Crippen LogP contribution in [0.25, 0.3) is 0 Å². The van der Waals surface area contributed by atoms with E-state index in [1.807, 2.05) is 13.0 Å². The van der Waals surface area contributed by atoms with Crippen LogP contribution in [0.3, 0.4) is 0 Å². The number of Topliss-reactive ketones (excluding diaryl/α,β-unsaturated/α-hetero) is 1. The van der Waals surface area contributed by atoms with Crippen molar-refractivity contribution in [2.24, 2.45) is 11.3 Å². The van der Waals surface area contributed by atoms with Crippen molar-refractivity contribution in [3.8, 4) is 11.5 Å². The van der Waals surface area contributed by atoms with Crippen molar-refractivity contribution in [2.75, 3.05) is 34.0 Å². The first-order valence-corrected chi connectivity index (χ1v) is 15.8. The second kappa shape index (κ2) is 9.52. The van der Waals surface area contributed by atoms with E-state index in [0.717, 1.165) is 5.57 Å². The second-order valence-electron chi connectivity index (χ2n) is 11.6. The van der Waals surface area contributed by atoms with E-state index in [4.69, 9.17) is 28.1 Å². The van der Waals surface area contributed by atoms with Gasteiger partial charge >= 0.3 is 5.97 Å². The van der Waals surface area contributed by atoms with E-state index < -0.39 is 37.5 Å². The number of methoxy groups -OCH3 is 2. The van der Waals surface area contributed by atoms with Crippen molar-refractivity contribution >= 4 is 20.1 Å². The number of rotatable bonds is 6. The standard InChI is InChI=1S/C28H40O8Si/c1-10-33-25(30)27-16-17(2)15-20(36-37(8,9)26(3,4)5)23(27)24(29)21-18(31-6)11-12-19(32-7)22(21)28(27)34-13-14-35-28/h11-12,15,20,23H,10,13-14,16H2,1-9H3/t20-,23+,27+/m1/s1. The van der Waals surface area contributed by atoms with Gasteiger partial charge in [-0.15, -0.1) is 0 Å². The Bertz CT molecular complexity index is 1110. The molecule has 1 aromatic rings. The summed E-state index contributed by atoms with van der Waals surface area (Å²) >= 11 is 0. The zero-order valence-corrected chi connectivity index (χ0v) is 24.5. The van der Waals surface area contributed by atoms with Crippen molar-refractivity contribution < 1.29 is 37.7 Å². The molecule has 1 fully saturated rings. The number of hydrogen-bond acceptors (Lipinski definition) is 8. The normalized spacial score (nSPS) is 26.8. The lowest BCUT2D eigenvalue weighted by molar-refractivity contribution is -0.272. The maximum Gasteiger partial charge on any atom is 0.319 e. The molecule has 2 aliphatic carbocycles. The molecule has 0 unspecified atom stereocenters. The Balaban J connectivity index is 2.09. The van der Waals surface area contributed by atoms with Crippen LogP contribution in [0.15, 0.2) is 23.8 Å². The lowest BCUT2D eigenvalue weighted by Gasteiger charge is -2.56. The van der Waals surface area contributed by atoms with E-state index in [-0.39, 0.29) is 37.1 Å². The van der Waals surface area contributed by atoms with Gasteiger partial charge in [-0.05, 0) is 50.5 Å². The van der Waals surface area contributed by atoms with Crippen LogP contribution in [-0.4, -0.2) is 60.2 Å². The molecule has 0 N–H and O–H groups in total. The predicted molar refractivity (Wildman–Crippen MR) is 140 cm³/mol. The number of esters is 1. The molecule has 1 aromatic carbocycles. The van der Waals surface area contributed by atoms with Gasteiger partial charge in [-0.1, -0.05) is 32.4 Å². The largest absolute Gasteiger partial charge is 0.496 e. The van der Waals surface area contributed by atoms with Gasteiger partial charge in [0.25, 0.3) is 0 Å². The quantitative estimate of drug-likeness (QED) is 0.287. The Hall–Kier alpha value is -2.20. The smallest absolute Gasteiger partial charge is 0.319 e. The Morgan fingerprint density at radius 2 is 1.70 bits per heavy atom. The van der Waals surface area contributed by atoms with Crippen molar-refractivity contribution in [3.63, 3.8) is 0 Å². The van der Waals surface area contributed by atoms with Crippen LogP contribution in [0.5, 0.6) is 11.5 Å². The van der Waals surface area contributed by atoms with E-state index in [9.17, 15) is 9.59 Å². The van der Waals surface area contributed by atoms with Crippen LogP contribution in [0.4, 0.5) is 0 Å². The third kappa shape index (κ3) is 3.97. The molecule has 1 aliphatic heterocycles. The number of ether oxygens (including phenoxy) is 5. The lowest BCUT2D eigenvalue weighted by atomic mass is 9.53. The van der Waals surface area contributed by atoms with Crippen LogP contribution < -0.4 is 9.47 Å². The van der Waals surface area contributed by atoms with Gasteiger partial charge < -0.3 is 28.1 Å². The minimum Gasteiger partial charge on any atom is -0.496 e. The number of allylic oxidation sites excluding steroid dienone is 1. The van der Waals surface area contributed by atoms with E-state index in [1.54, 1.807) is 19.1 Å². The predicted octanol–water partition coefficient (Wildman–Crippen LogP) is 5.01. The molecule has 1 heterocycles. The van der Waals surface area contributed by atoms with Crippen LogP contribution in [0.1, 0.15) is 57.0 Å². The summed E-state index contributed by atoms with van der Waals surface area (Å²) in [5.41, 5.74) is 0.0618. The summed E-state index contributed by atoms with van der Waals surface area (Å²) in [6.45, 7) is 15.1. The number of carbonyl (C=O) groups is 2. The summed E-state index contributed by atoms with van der Waals surface area (Å²) in [7, 11) is 0.653. The molecule has 37 heavy (non-hydrogen) atoms. The number of hydrogen-bond donors (Lipinski definition) is 0. The fourth-order valence-corrected chi connectivity index (χ4v) is 7.08. The van der Waals surface area contributed by atoms with Gasteiger partial charge in [-0.3, -0.25) is 9.59 Å². The summed E-state index contributed by atoms with van der Waals surface area (Å²) in [6.07, 6.45) is 1.53. The maximum absolute atomic E-state index is 14.7. The molecule has 9 heteroatoms. The van der Waals surface area contributed by atoms with Crippen molar-refractivity contribution in [1.82, 2.24) is 0 Å². The highest BCUT2D eigenvalue weighted by Crippen LogP contribution is 2.65. The van der Waals surface area contributed by atoms with Crippen LogP contribution >= 0.6 is 0 Å². The van der Waals surface area contributed by atoms with E-state index in [1.165, 1.54) is 14.2 Å². The van der Waals surface area contributed by atoms with Gasteiger partial charge in [0.2, 0.25) is 5.79 Å². The van der Waals surface area contributed by atoms with Crippen LogP contribution in [0.2, 0.25) is 18.1 Å². The molecule has 8 nitrogen and oxygen atoms in total. The number of ketones is 1. The topological polar surface area (TPSA) is 89.5 Å². The third-order valence-electron chi connectivity index (χ3n) is 8.45. The van der Waals surface area contributed by atoms with Gasteiger partial charge in [0, 0.05) is 0 Å². The van der Waals surface area contributed by atoms with Gasteiger partial charge in [0.1, 0.15) is 16.9 Å². The molecule has 204 valence electrons. The minimum absolute atomic E-state index is 0.118. The maximum atomic E-state index is 14.7. The monoisotopic (exact) mass is 532 g/mol. The molecule has 3 atom stereocenters. The van der Waals surface area contributed by atoms with Crippen molar-refractivity contribution in [2.45, 2.75) is 71.1 Å². The molecule has 0 amide bonds. The summed E-state index contributed by atoms with van der Waals surface area (Å²) in [5.74, 6) is -2.61. The van der Waals surface area contributed by atoms with E-state index in [0.29, 0.717) is 22.6 Å². The van der Waals surface area contributed by atoms with E-state index in [2.05, 4.69) is 33.9 Å². The molecule has 4 rings (SSSR count). The van der Waals surface area contributed by atoms with Gasteiger partial charge in [-0.25, -0.2) is 0 Å². The second-order valence-corrected chi connectivity index (χ2v) is 16.4. The first-order chi connectivity index (χ1) is 17.3. The number of fused-ring (bicyclic) bond motifs is 4. The zero-order chi connectivity index (χ0) is 27.4. The van der Waals surface area contributed by atoms with Crippen LogP contribution in [-0.2, 0) is 29.2 Å². The summed E-state index contributed by atoms with van der Waals surface area (Å²) in [6, 6.07) is 3.41. The summed E-state index contributed by atoms with van der Waals surface area (Å²) < 4.78 is 36.9. The Labute approximate surface area is 220 Å². The van der Waals surface area contributed by atoms with Crippen molar-refractivity contribution in [1.29, 1.82) is 0 Å². The molecular weight excluding hydrogens is 492 g/mol.